The van der Waals surface area contributed by atoms with Crippen molar-refractivity contribution in [2.45, 2.75) is 43.7 Å². The van der Waals surface area contributed by atoms with E-state index in [1.165, 1.54) is 23.7 Å². The number of thioether (sulfide) groups is 1. The van der Waals surface area contributed by atoms with Gasteiger partial charge in [0.05, 0.1) is 11.3 Å². The second-order valence-electron chi connectivity index (χ2n) is 7.35. The van der Waals surface area contributed by atoms with Crippen LogP contribution in [0.2, 0.25) is 0 Å². The molecule has 2 aromatic carbocycles. The lowest BCUT2D eigenvalue weighted by Gasteiger charge is -2.33. The van der Waals surface area contributed by atoms with Gasteiger partial charge in [-0.25, -0.2) is 9.97 Å². The standard InChI is InChI=1S/C23H25N3OS/c1-17-9-7-8-14-26(17)22(27)16-28-23-19-12-5-6-13-20(19)24-21(25-23)15-18-10-3-2-4-11-18/h2-6,10-13,17H,7-9,14-16H2,1H3. The molecule has 1 amide bonds. The van der Waals surface area contributed by atoms with Crippen molar-refractivity contribution in [2.24, 2.45) is 0 Å². The fraction of sp³-hybridized carbons (Fsp3) is 0.348. The van der Waals surface area contributed by atoms with Gasteiger partial charge in [0.2, 0.25) is 5.91 Å². The summed E-state index contributed by atoms with van der Waals surface area (Å²) in [6.45, 7) is 3.03. The largest absolute Gasteiger partial charge is 0.339 e. The molecule has 144 valence electrons. The average Bonchev–Trinajstić information content (AvgIpc) is 2.73. The Morgan fingerprint density at radius 3 is 2.68 bits per heavy atom. The Balaban J connectivity index is 1.55. The number of piperidine rings is 1. The molecule has 1 unspecified atom stereocenters. The number of hydrogen-bond donors (Lipinski definition) is 0. The van der Waals surface area contributed by atoms with Gasteiger partial charge in [0.25, 0.3) is 0 Å². The van der Waals surface area contributed by atoms with Crippen LogP contribution in [0.1, 0.15) is 37.6 Å². The molecule has 0 bridgehead atoms. The number of likely N-dealkylation sites (tertiary alicyclic amines) is 1. The van der Waals surface area contributed by atoms with E-state index in [0.29, 0.717) is 18.2 Å². The maximum Gasteiger partial charge on any atom is 0.233 e. The number of hydrogen-bond acceptors (Lipinski definition) is 4. The molecule has 4 rings (SSSR count). The molecule has 1 saturated heterocycles. The Bertz CT molecular complexity index is 960. The SMILES string of the molecule is CC1CCCCN1C(=O)CSc1nc(Cc2ccccc2)nc2ccccc12. The second kappa shape index (κ2) is 8.74. The number of fused-ring (bicyclic) bond motifs is 1. The molecule has 5 heteroatoms. The van der Waals surface area contributed by atoms with E-state index in [9.17, 15) is 4.79 Å². The molecule has 0 saturated carbocycles. The lowest BCUT2D eigenvalue weighted by molar-refractivity contribution is -0.131. The van der Waals surface area contributed by atoms with Crippen LogP contribution in [0, 0.1) is 0 Å². The lowest BCUT2D eigenvalue weighted by atomic mass is 10.0. The van der Waals surface area contributed by atoms with Crippen molar-refractivity contribution in [2.75, 3.05) is 12.3 Å². The van der Waals surface area contributed by atoms with Gasteiger partial charge in [-0.15, -0.1) is 0 Å². The monoisotopic (exact) mass is 391 g/mol. The van der Waals surface area contributed by atoms with Gasteiger partial charge in [-0.1, -0.05) is 60.3 Å². The smallest absolute Gasteiger partial charge is 0.233 e. The highest BCUT2D eigenvalue weighted by Crippen LogP contribution is 2.27. The van der Waals surface area contributed by atoms with Gasteiger partial charge in [0.15, 0.2) is 0 Å². The van der Waals surface area contributed by atoms with Crippen LogP contribution in [0.4, 0.5) is 0 Å². The second-order valence-corrected chi connectivity index (χ2v) is 8.31. The van der Waals surface area contributed by atoms with Gasteiger partial charge in [0.1, 0.15) is 10.9 Å². The Kier molecular flexibility index (Phi) is 5.91. The van der Waals surface area contributed by atoms with E-state index in [1.807, 2.05) is 47.4 Å². The first-order chi connectivity index (χ1) is 13.7. The Labute approximate surface area is 170 Å². The molecule has 3 aromatic rings. The van der Waals surface area contributed by atoms with E-state index in [1.54, 1.807) is 0 Å². The predicted octanol–water partition coefficient (Wildman–Crippen LogP) is 4.71. The summed E-state index contributed by atoms with van der Waals surface area (Å²) in [5.41, 5.74) is 2.12. The van der Waals surface area contributed by atoms with Crippen molar-refractivity contribution in [3.63, 3.8) is 0 Å². The molecule has 0 N–H and O–H groups in total. The molecule has 0 radical (unpaired) electrons. The number of aromatic nitrogens is 2. The lowest BCUT2D eigenvalue weighted by Crippen LogP contribution is -2.42. The summed E-state index contributed by atoms with van der Waals surface area (Å²) < 4.78 is 0. The van der Waals surface area contributed by atoms with Crippen LogP contribution < -0.4 is 0 Å². The highest BCUT2D eigenvalue weighted by molar-refractivity contribution is 8.00. The molecule has 1 aliphatic heterocycles. The van der Waals surface area contributed by atoms with E-state index in [-0.39, 0.29) is 5.91 Å². The number of rotatable bonds is 5. The number of benzene rings is 2. The predicted molar refractivity (Wildman–Crippen MR) is 115 cm³/mol. The molecule has 4 nitrogen and oxygen atoms in total. The molecular formula is C23H25N3OS. The van der Waals surface area contributed by atoms with Gasteiger partial charge in [-0.2, -0.15) is 0 Å². The van der Waals surface area contributed by atoms with Crippen LogP contribution in [-0.4, -0.2) is 39.1 Å². The van der Waals surface area contributed by atoms with Crippen molar-refractivity contribution < 1.29 is 4.79 Å². The Morgan fingerprint density at radius 2 is 1.86 bits per heavy atom. The number of amides is 1. The number of carbonyl (C=O) groups excluding carboxylic acids is 1. The molecule has 1 aliphatic rings. The van der Waals surface area contributed by atoms with Crippen LogP contribution in [0.3, 0.4) is 0 Å². The summed E-state index contributed by atoms with van der Waals surface area (Å²) in [7, 11) is 0. The van der Waals surface area contributed by atoms with Gasteiger partial charge in [0, 0.05) is 24.4 Å². The first-order valence-electron chi connectivity index (χ1n) is 9.92. The Morgan fingerprint density at radius 1 is 1.07 bits per heavy atom. The van der Waals surface area contributed by atoms with Crippen LogP contribution in [0.25, 0.3) is 10.9 Å². The third kappa shape index (κ3) is 4.36. The molecule has 1 aromatic heterocycles. The van der Waals surface area contributed by atoms with E-state index in [2.05, 4.69) is 19.1 Å². The molecule has 0 aliphatic carbocycles. The van der Waals surface area contributed by atoms with E-state index in [4.69, 9.17) is 9.97 Å². The van der Waals surface area contributed by atoms with Crippen molar-refractivity contribution in [1.82, 2.24) is 14.9 Å². The minimum Gasteiger partial charge on any atom is -0.339 e. The van der Waals surface area contributed by atoms with Gasteiger partial charge >= 0.3 is 0 Å². The van der Waals surface area contributed by atoms with Crippen molar-refractivity contribution >= 4 is 28.6 Å². The molecule has 28 heavy (non-hydrogen) atoms. The van der Waals surface area contributed by atoms with Crippen molar-refractivity contribution in [3.05, 3.63) is 66.0 Å². The third-order valence-electron chi connectivity index (χ3n) is 5.28. The van der Waals surface area contributed by atoms with Crippen molar-refractivity contribution in [1.29, 1.82) is 0 Å². The van der Waals surface area contributed by atoms with Gasteiger partial charge in [-0.05, 0) is 37.8 Å². The zero-order valence-electron chi connectivity index (χ0n) is 16.2. The first kappa shape index (κ1) is 18.9. The summed E-state index contributed by atoms with van der Waals surface area (Å²) in [5.74, 6) is 1.44. The van der Waals surface area contributed by atoms with Gasteiger partial charge in [-0.3, -0.25) is 4.79 Å². The van der Waals surface area contributed by atoms with Crippen LogP contribution in [0.5, 0.6) is 0 Å². The first-order valence-corrected chi connectivity index (χ1v) is 10.9. The minimum absolute atomic E-state index is 0.213. The minimum atomic E-state index is 0.213. The number of para-hydroxylation sites is 1. The van der Waals surface area contributed by atoms with Crippen molar-refractivity contribution in [3.8, 4) is 0 Å². The average molecular weight is 392 g/mol. The highest BCUT2D eigenvalue weighted by atomic mass is 32.2. The van der Waals surface area contributed by atoms with Crippen LogP contribution in [-0.2, 0) is 11.2 Å². The van der Waals surface area contributed by atoms with Gasteiger partial charge < -0.3 is 4.90 Å². The zero-order valence-corrected chi connectivity index (χ0v) is 17.0. The quantitative estimate of drug-likeness (QED) is 0.467. The molecule has 0 spiro atoms. The Hall–Kier alpha value is -2.40. The van der Waals surface area contributed by atoms with E-state index >= 15 is 0 Å². The zero-order chi connectivity index (χ0) is 19.3. The summed E-state index contributed by atoms with van der Waals surface area (Å²) in [4.78, 5) is 24.3. The number of nitrogens with zero attached hydrogens (tertiary/aromatic N) is 3. The van der Waals surface area contributed by atoms with E-state index in [0.717, 1.165) is 41.1 Å². The summed E-state index contributed by atoms with van der Waals surface area (Å²) in [6, 6.07) is 18.7. The van der Waals surface area contributed by atoms with Crippen LogP contribution >= 0.6 is 11.8 Å². The number of carbonyl (C=O) groups is 1. The van der Waals surface area contributed by atoms with E-state index < -0.39 is 0 Å². The molecule has 2 heterocycles. The fourth-order valence-corrected chi connectivity index (χ4v) is 4.67. The maximum absolute atomic E-state index is 12.8. The summed E-state index contributed by atoms with van der Waals surface area (Å²) >= 11 is 1.54. The molecule has 1 fully saturated rings. The highest BCUT2D eigenvalue weighted by Gasteiger charge is 2.23. The fourth-order valence-electron chi connectivity index (χ4n) is 3.74. The molecule has 1 atom stereocenters. The topological polar surface area (TPSA) is 46.1 Å². The molecular weight excluding hydrogens is 366 g/mol. The third-order valence-corrected chi connectivity index (χ3v) is 6.25. The van der Waals surface area contributed by atoms with Crippen LogP contribution in [0.15, 0.2) is 59.6 Å². The maximum atomic E-state index is 12.8. The summed E-state index contributed by atoms with van der Waals surface area (Å²) in [6.07, 6.45) is 4.13. The summed E-state index contributed by atoms with van der Waals surface area (Å²) in [5, 5.41) is 1.92. The normalized spacial score (nSPS) is 17.0.